The zero-order chi connectivity index (χ0) is 10.6. The summed E-state index contributed by atoms with van der Waals surface area (Å²) in [5.41, 5.74) is 0.000429. The quantitative estimate of drug-likeness (QED) is 0.665. The molecule has 0 aliphatic rings. The summed E-state index contributed by atoms with van der Waals surface area (Å²) in [6, 6.07) is 0. The maximum Gasteiger partial charge on any atom is 0.303 e. The van der Waals surface area contributed by atoms with Crippen LogP contribution in [0.4, 0.5) is 0 Å². The van der Waals surface area contributed by atoms with Gasteiger partial charge in [-0.25, -0.2) is 0 Å². The van der Waals surface area contributed by atoms with Crippen LogP contribution < -0.4 is 0 Å². The van der Waals surface area contributed by atoms with Gasteiger partial charge in [0.15, 0.2) is 5.78 Å². The Morgan fingerprint density at radius 2 is 1.77 bits per heavy atom. The summed E-state index contributed by atoms with van der Waals surface area (Å²) in [5.74, 6) is -0.939. The molecule has 0 saturated heterocycles. The van der Waals surface area contributed by atoms with Gasteiger partial charge in [0.05, 0.1) is 6.42 Å². The van der Waals surface area contributed by atoms with Crippen LogP contribution in [0.2, 0.25) is 0 Å². The van der Waals surface area contributed by atoms with Gasteiger partial charge in [-0.05, 0) is 17.9 Å². The molecule has 0 aromatic carbocycles. The van der Waals surface area contributed by atoms with Gasteiger partial charge in [-0.15, -0.1) is 0 Å². The van der Waals surface area contributed by atoms with Crippen LogP contribution in [0.5, 0.6) is 0 Å². The van der Waals surface area contributed by atoms with Crippen LogP contribution in [0.1, 0.15) is 33.6 Å². The predicted molar refractivity (Wildman–Crippen MR) is 50.5 cm³/mol. The van der Waals surface area contributed by atoms with Crippen LogP contribution in [-0.2, 0) is 9.59 Å². The number of hydrogen-bond donors (Lipinski definition) is 1. The van der Waals surface area contributed by atoms with Crippen LogP contribution in [0, 0.1) is 5.41 Å². The molecular formula is C10H16O3. The Kier molecular flexibility index (Phi) is 3.85. The second-order valence-corrected chi connectivity index (χ2v) is 4.12. The topological polar surface area (TPSA) is 54.4 Å². The lowest BCUT2D eigenvalue weighted by atomic mass is 9.83. The first-order chi connectivity index (χ1) is 5.74. The molecule has 74 valence electrons. The van der Waals surface area contributed by atoms with Gasteiger partial charge < -0.3 is 5.11 Å². The van der Waals surface area contributed by atoms with Gasteiger partial charge in [0.25, 0.3) is 0 Å². The number of allylic oxidation sites excluding steroid dienone is 1. The van der Waals surface area contributed by atoms with E-state index in [1.54, 1.807) is 20.8 Å². The molecule has 0 saturated carbocycles. The van der Waals surface area contributed by atoms with Crippen LogP contribution >= 0.6 is 0 Å². The van der Waals surface area contributed by atoms with Gasteiger partial charge in [-0.3, -0.25) is 9.59 Å². The van der Waals surface area contributed by atoms with Crippen molar-refractivity contribution in [2.24, 2.45) is 5.41 Å². The Balaban J connectivity index is 4.24. The van der Waals surface area contributed by atoms with Gasteiger partial charge in [0.2, 0.25) is 0 Å². The molecular weight excluding hydrogens is 168 g/mol. The molecule has 0 aliphatic carbocycles. The normalized spacial score (nSPS) is 11.0. The van der Waals surface area contributed by atoms with E-state index >= 15 is 0 Å². The van der Waals surface area contributed by atoms with E-state index in [0.29, 0.717) is 5.57 Å². The van der Waals surface area contributed by atoms with Crippen molar-refractivity contribution in [1.29, 1.82) is 0 Å². The minimum atomic E-state index is -0.875. The lowest BCUT2D eigenvalue weighted by Gasteiger charge is -2.21. The minimum Gasteiger partial charge on any atom is -0.481 e. The number of Topliss-reactive ketones (excluding diaryl/α,β-unsaturated/α-hetero) is 1. The van der Waals surface area contributed by atoms with E-state index in [4.69, 9.17) is 5.11 Å². The summed E-state index contributed by atoms with van der Waals surface area (Å²) in [7, 11) is 0. The molecule has 1 N–H and O–H groups in total. The number of aliphatic carboxylic acids is 1. The average molecular weight is 184 g/mol. The Morgan fingerprint density at radius 3 is 2.08 bits per heavy atom. The first kappa shape index (κ1) is 11.9. The van der Waals surface area contributed by atoms with Gasteiger partial charge >= 0.3 is 5.97 Å². The van der Waals surface area contributed by atoms with Gasteiger partial charge in [0.1, 0.15) is 0 Å². The highest BCUT2D eigenvalue weighted by atomic mass is 16.4. The molecule has 0 fully saturated rings. The zero-order valence-electron chi connectivity index (χ0n) is 8.39. The number of ketones is 1. The van der Waals surface area contributed by atoms with Crippen molar-refractivity contribution in [1.82, 2.24) is 0 Å². The Labute approximate surface area is 78.5 Å². The highest BCUT2D eigenvalue weighted by Gasteiger charge is 2.25. The van der Waals surface area contributed by atoms with Crippen LogP contribution in [0.3, 0.4) is 0 Å². The average Bonchev–Trinajstić information content (AvgIpc) is 1.81. The van der Waals surface area contributed by atoms with Crippen molar-refractivity contribution in [3.63, 3.8) is 0 Å². The van der Waals surface area contributed by atoms with Crippen LogP contribution in [0.25, 0.3) is 0 Å². The molecule has 0 unspecified atom stereocenters. The molecule has 0 rings (SSSR count). The molecule has 0 radical (unpaired) electrons. The second kappa shape index (κ2) is 4.21. The molecule has 3 heteroatoms. The van der Waals surface area contributed by atoms with Gasteiger partial charge in [-0.2, -0.15) is 0 Å². The summed E-state index contributed by atoms with van der Waals surface area (Å²) in [5, 5.41) is 8.57. The number of carbonyl (C=O) groups excluding carboxylic acids is 1. The first-order valence-corrected chi connectivity index (χ1v) is 4.15. The fourth-order valence-electron chi connectivity index (χ4n) is 1.06. The highest BCUT2D eigenvalue weighted by Crippen LogP contribution is 2.26. The van der Waals surface area contributed by atoms with Crippen molar-refractivity contribution >= 4 is 11.8 Å². The zero-order valence-corrected chi connectivity index (χ0v) is 8.39. The summed E-state index contributed by atoms with van der Waals surface area (Å²) in [6.07, 6.45) is 0.251. The number of carbonyl (C=O) groups is 2. The summed E-state index contributed by atoms with van der Waals surface area (Å²) in [4.78, 5) is 21.7. The lowest BCUT2D eigenvalue weighted by molar-refractivity contribution is -0.139. The van der Waals surface area contributed by atoms with Gasteiger partial charge in [-0.1, -0.05) is 20.4 Å². The largest absolute Gasteiger partial charge is 0.481 e. The van der Waals surface area contributed by atoms with Crippen molar-refractivity contribution in [3.05, 3.63) is 12.2 Å². The maximum absolute atomic E-state index is 11.2. The fourth-order valence-corrected chi connectivity index (χ4v) is 1.06. The van der Waals surface area contributed by atoms with Gasteiger partial charge in [0, 0.05) is 6.42 Å². The molecule has 0 amide bonds. The Morgan fingerprint density at radius 1 is 1.31 bits per heavy atom. The van der Waals surface area contributed by atoms with E-state index in [-0.39, 0.29) is 18.6 Å². The van der Waals surface area contributed by atoms with Crippen molar-refractivity contribution in [2.45, 2.75) is 33.6 Å². The molecule has 0 spiro atoms. The summed E-state index contributed by atoms with van der Waals surface area (Å²) >= 11 is 0. The third-order valence-electron chi connectivity index (χ3n) is 1.74. The molecule has 3 nitrogen and oxygen atoms in total. The Bertz CT molecular complexity index is 239. The van der Waals surface area contributed by atoms with E-state index in [0.717, 1.165) is 0 Å². The summed E-state index contributed by atoms with van der Waals surface area (Å²) in [6.45, 7) is 8.69. The third-order valence-corrected chi connectivity index (χ3v) is 1.74. The molecule has 0 bridgehead atoms. The van der Waals surface area contributed by atoms with Crippen LogP contribution in [-0.4, -0.2) is 16.9 Å². The van der Waals surface area contributed by atoms with E-state index in [2.05, 4.69) is 6.58 Å². The lowest BCUT2D eigenvalue weighted by Crippen LogP contribution is -2.21. The molecule has 0 atom stereocenters. The molecule has 0 heterocycles. The van der Waals surface area contributed by atoms with Crippen molar-refractivity contribution in [2.75, 3.05) is 0 Å². The third kappa shape index (κ3) is 5.17. The predicted octanol–water partition coefficient (Wildman–Crippen LogP) is 2.02. The van der Waals surface area contributed by atoms with Crippen molar-refractivity contribution in [3.8, 4) is 0 Å². The number of hydrogen-bond acceptors (Lipinski definition) is 2. The maximum atomic E-state index is 11.2. The first-order valence-electron chi connectivity index (χ1n) is 4.15. The highest BCUT2D eigenvalue weighted by molar-refractivity contribution is 5.94. The number of carboxylic acids is 1. The molecule has 0 aromatic heterocycles. The molecule has 0 aromatic rings. The number of carboxylic acid groups (broad SMARTS) is 1. The van der Waals surface area contributed by atoms with E-state index in [9.17, 15) is 9.59 Å². The van der Waals surface area contributed by atoms with Crippen molar-refractivity contribution < 1.29 is 14.7 Å². The van der Waals surface area contributed by atoms with E-state index in [1.165, 1.54) is 0 Å². The SMILES string of the molecule is C=C(C)C(=O)CC(C)(C)CC(=O)O. The minimum absolute atomic E-state index is 0.00597. The molecule has 0 aliphatic heterocycles. The van der Waals surface area contributed by atoms with Crippen LogP contribution in [0.15, 0.2) is 12.2 Å². The summed E-state index contributed by atoms with van der Waals surface area (Å²) < 4.78 is 0. The smallest absolute Gasteiger partial charge is 0.303 e. The second-order valence-electron chi connectivity index (χ2n) is 4.12. The standard InChI is InChI=1S/C10H16O3/c1-7(2)8(11)5-10(3,4)6-9(12)13/h1,5-6H2,2-4H3,(H,12,13). The molecule has 13 heavy (non-hydrogen) atoms. The number of rotatable bonds is 5. The Hall–Kier alpha value is -1.12. The van der Waals surface area contributed by atoms with E-state index < -0.39 is 11.4 Å². The monoisotopic (exact) mass is 184 g/mol. The fraction of sp³-hybridized carbons (Fsp3) is 0.600. The van der Waals surface area contributed by atoms with E-state index in [1.807, 2.05) is 0 Å².